The van der Waals surface area contributed by atoms with Crippen LogP contribution in [0, 0.1) is 18.6 Å². The number of hydrogen-bond donors (Lipinski definition) is 1. The van der Waals surface area contributed by atoms with Crippen molar-refractivity contribution in [3.63, 3.8) is 0 Å². The molecule has 0 bridgehead atoms. The fourth-order valence-electron chi connectivity index (χ4n) is 1.69. The smallest absolute Gasteiger partial charge is 0.130 e. The van der Waals surface area contributed by atoms with E-state index in [0.717, 1.165) is 18.9 Å². The van der Waals surface area contributed by atoms with Gasteiger partial charge in [0.1, 0.15) is 11.6 Å². The van der Waals surface area contributed by atoms with Crippen LogP contribution in [0.1, 0.15) is 30.0 Å². The molecule has 16 heavy (non-hydrogen) atoms. The molecule has 0 fully saturated rings. The van der Waals surface area contributed by atoms with E-state index < -0.39 is 11.6 Å². The quantitative estimate of drug-likeness (QED) is 0.756. The summed E-state index contributed by atoms with van der Waals surface area (Å²) in [5, 5.41) is 3.03. The highest BCUT2D eigenvalue weighted by molar-refractivity contribution is 5.28. The van der Waals surface area contributed by atoms with Crippen LogP contribution in [0.15, 0.2) is 24.8 Å². The Hall–Kier alpha value is -1.22. The van der Waals surface area contributed by atoms with E-state index in [2.05, 4.69) is 11.9 Å². The van der Waals surface area contributed by atoms with Gasteiger partial charge in [-0.15, -0.1) is 6.58 Å². The number of hydrogen-bond acceptors (Lipinski definition) is 1. The lowest BCUT2D eigenvalue weighted by molar-refractivity contribution is 0.502. The van der Waals surface area contributed by atoms with Crippen LogP contribution in [0.4, 0.5) is 8.78 Å². The maximum absolute atomic E-state index is 13.6. The molecule has 1 aromatic carbocycles. The molecule has 0 aliphatic heterocycles. The van der Waals surface area contributed by atoms with Crippen LogP contribution in [0.2, 0.25) is 0 Å². The van der Waals surface area contributed by atoms with Crippen molar-refractivity contribution in [2.75, 3.05) is 7.05 Å². The maximum atomic E-state index is 13.6. The second kappa shape index (κ2) is 5.75. The van der Waals surface area contributed by atoms with Crippen molar-refractivity contribution >= 4 is 0 Å². The molecule has 88 valence electrons. The average molecular weight is 225 g/mol. The minimum absolute atomic E-state index is 0.0997. The highest BCUT2D eigenvalue weighted by Crippen LogP contribution is 2.24. The van der Waals surface area contributed by atoms with Crippen LogP contribution in [-0.2, 0) is 0 Å². The first kappa shape index (κ1) is 12.8. The minimum Gasteiger partial charge on any atom is -0.313 e. The predicted molar refractivity (Wildman–Crippen MR) is 62.3 cm³/mol. The van der Waals surface area contributed by atoms with Crippen LogP contribution in [-0.4, -0.2) is 7.05 Å². The molecule has 0 saturated heterocycles. The van der Waals surface area contributed by atoms with E-state index in [9.17, 15) is 8.78 Å². The monoisotopic (exact) mass is 225 g/mol. The Kier molecular flexibility index (Phi) is 4.62. The zero-order valence-corrected chi connectivity index (χ0v) is 9.69. The van der Waals surface area contributed by atoms with Gasteiger partial charge in [-0.3, -0.25) is 0 Å². The first-order valence-electron chi connectivity index (χ1n) is 5.33. The molecule has 0 aliphatic rings. The van der Waals surface area contributed by atoms with Crippen molar-refractivity contribution in [3.8, 4) is 0 Å². The van der Waals surface area contributed by atoms with Gasteiger partial charge in [-0.05, 0) is 38.4 Å². The van der Waals surface area contributed by atoms with Crippen molar-refractivity contribution in [3.05, 3.63) is 47.5 Å². The fourth-order valence-corrected chi connectivity index (χ4v) is 1.69. The fraction of sp³-hybridized carbons (Fsp3) is 0.385. The summed E-state index contributed by atoms with van der Waals surface area (Å²) in [5.41, 5.74) is 0.985. The van der Waals surface area contributed by atoms with Crippen molar-refractivity contribution in [2.24, 2.45) is 0 Å². The van der Waals surface area contributed by atoms with E-state index >= 15 is 0 Å². The Morgan fingerprint density at radius 2 is 2.06 bits per heavy atom. The molecule has 0 radical (unpaired) electrons. The van der Waals surface area contributed by atoms with Gasteiger partial charge in [-0.2, -0.15) is 0 Å². The molecule has 0 aliphatic carbocycles. The van der Waals surface area contributed by atoms with Crippen LogP contribution in [0.3, 0.4) is 0 Å². The summed E-state index contributed by atoms with van der Waals surface area (Å²) >= 11 is 0. The molecular weight excluding hydrogens is 208 g/mol. The van der Waals surface area contributed by atoms with Gasteiger partial charge in [0, 0.05) is 17.7 Å². The van der Waals surface area contributed by atoms with Gasteiger partial charge >= 0.3 is 0 Å². The van der Waals surface area contributed by atoms with E-state index in [1.165, 1.54) is 0 Å². The second-order valence-corrected chi connectivity index (χ2v) is 3.83. The Morgan fingerprint density at radius 1 is 1.38 bits per heavy atom. The van der Waals surface area contributed by atoms with Crippen molar-refractivity contribution in [2.45, 2.75) is 25.8 Å². The van der Waals surface area contributed by atoms with Gasteiger partial charge in [0.25, 0.3) is 0 Å². The third kappa shape index (κ3) is 2.89. The van der Waals surface area contributed by atoms with Gasteiger partial charge in [0.2, 0.25) is 0 Å². The lowest BCUT2D eigenvalue weighted by Gasteiger charge is -2.17. The second-order valence-electron chi connectivity index (χ2n) is 3.83. The number of benzene rings is 1. The van der Waals surface area contributed by atoms with Gasteiger partial charge in [-0.1, -0.05) is 6.08 Å². The van der Waals surface area contributed by atoms with Gasteiger partial charge in [-0.25, -0.2) is 8.78 Å². The van der Waals surface area contributed by atoms with Gasteiger partial charge in [0.15, 0.2) is 0 Å². The SMILES string of the molecule is C=CCCC(NC)c1cc(C)c(F)cc1F. The summed E-state index contributed by atoms with van der Waals surface area (Å²) < 4.78 is 26.7. The molecule has 1 atom stereocenters. The van der Waals surface area contributed by atoms with E-state index in [4.69, 9.17) is 0 Å². The minimum atomic E-state index is -0.500. The third-order valence-electron chi connectivity index (χ3n) is 2.66. The van der Waals surface area contributed by atoms with E-state index in [1.54, 1.807) is 26.1 Å². The summed E-state index contributed by atoms with van der Waals surface area (Å²) in [6.07, 6.45) is 3.34. The van der Waals surface area contributed by atoms with Crippen molar-refractivity contribution < 1.29 is 8.78 Å². The highest BCUT2D eigenvalue weighted by atomic mass is 19.1. The lowest BCUT2D eigenvalue weighted by atomic mass is 9.99. The summed E-state index contributed by atoms with van der Waals surface area (Å²) in [4.78, 5) is 0. The molecular formula is C13H17F2N. The Balaban J connectivity index is 2.99. The average Bonchev–Trinajstić information content (AvgIpc) is 2.26. The van der Waals surface area contributed by atoms with Gasteiger partial charge in [0.05, 0.1) is 0 Å². The number of halogens is 2. The Bertz CT molecular complexity index is 374. The number of nitrogens with one attached hydrogen (secondary N) is 1. The number of aryl methyl sites for hydroxylation is 1. The van der Waals surface area contributed by atoms with E-state index in [0.29, 0.717) is 11.1 Å². The third-order valence-corrected chi connectivity index (χ3v) is 2.66. The largest absolute Gasteiger partial charge is 0.313 e. The zero-order valence-electron chi connectivity index (χ0n) is 9.69. The van der Waals surface area contributed by atoms with Crippen molar-refractivity contribution in [1.82, 2.24) is 5.32 Å². The molecule has 1 unspecified atom stereocenters. The predicted octanol–water partition coefficient (Wildman–Crippen LogP) is 3.50. The summed E-state index contributed by atoms with van der Waals surface area (Å²) in [7, 11) is 1.77. The van der Waals surface area contributed by atoms with Crippen LogP contribution >= 0.6 is 0 Å². The van der Waals surface area contributed by atoms with Crippen LogP contribution in [0.5, 0.6) is 0 Å². The van der Waals surface area contributed by atoms with E-state index in [-0.39, 0.29) is 6.04 Å². The molecule has 0 heterocycles. The first-order valence-corrected chi connectivity index (χ1v) is 5.33. The molecule has 0 saturated carbocycles. The van der Waals surface area contributed by atoms with Crippen LogP contribution in [0.25, 0.3) is 0 Å². The number of rotatable bonds is 5. The summed E-state index contributed by atoms with van der Waals surface area (Å²) in [6, 6.07) is 2.41. The molecule has 3 heteroatoms. The van der Waals surface area contributed by atoms with Crippen molar-refractivity contribution in [1.29, 1.82) is 0 Å². The zero-order chi connectivity index (χ0) is 12.1. The molecule has 0 spiro atoms. The summed E-state index contributed by atoms with van der Waals surface area (Å²) in [6.45, 7) is 5.27. The van der Waals surface area contributed by atoms with Gasteiger partial charge < -0.3 is 5.32 Å². The summed E-state index contributed by atoms with van der Waals surface area (Å²) in [5.74, 6) is -0.994. The highest BCUT2D eigenvalue weighted by Gasteiger charge is 2.15. The standard InChI is InChI=1S/C13H17F2N/c1-4-5-6-13(16-3)10-7-9(2)11(14)8-12(10)15/h4,7-8,13,16H,1,5-6H2,2-3H3. The molecule has 1 aromatic rings. The van der Waals surface area contributed by atoms with E-state index in [1.807, 2.05) is 0 Å². The van der Waals surface area contributed by atoms with Crippen LogP contribution < -0.4 is 5.32 Å². The topological polar surface area (TPSA) is 12.0 Å². The molecule has 0 amide bonds. The molecule has 1 N–H and O–H groups in total. The Labute approximate surface area is 95.2 Å². The Morgan fingerprint density at radius 3 is 2.62 bits per heavy atom. The molecule has 1 nitrogen and oxygen atoms in total. The molecule has 1 rings (SSSR count). The normalized spacial score (nSPS) is 12.5. The number of allylic oxidation sites excluding steroid dienone is 1. The molecule has 0 aromatic heterocycles. The first-order chi connectivity index (χ1) is 7.60. The lowest BCUT2D eigenvalue weighted by Crippen LogP contribution is -2.18. The maximum Gasteiger partial charge on any atom is 0.130 e.